The van der Waals surface area contributed by atoms with Crippen LogP contribution in [-0.2, 0) is 10.8 Å². The van der Waals surface area contributed by atoms with Crippen molar-refractivity contribution >= 4 is 28.1 Å². The second-order valence-corrected chi connectivity index (χ2v) is 5.90. The molecule has 0 aliphatic carbocycles. The Kier molecular flexibility index (Phi) is 5.68. The van der Waals surface area contributed by atoms with Crippen molar-refractivity contribution in [2.75, 3.05) is 30.5 Å². The maximum atomic E-state index is 11.2. The van der Waals surface area contributed by atoms with Gasteiger partial charge in [-0.05, 0) is 12.5 Å². The van der Waals surface area contributed by atoms with Gasteiger partial charge in [-0.25, -0.2) is 4.98 Å². The predicted molar refractivity (Wildman–Crippen MR) is 77.1 cm³/mol. The van der Waals surface area contributed by atoms with Crippen molar-refractivity contribution in [1.82, 2.24) is 4.98 Å². The minimum atomic E-state index is -0.895. The summed E-state index contributed by atoms with van der Waals surface area (Å²) >= 11 is 0. The summed E-state index contributed by atoms with van der Waals surface area (Å²) in [7, 11) is 0.800. The number of pyridine rings is 1. The Morgan fingerprint density at radius 3 is 2.74 bits per heavy atom. The Balaban J connectivity index is 2.75. The van der Waals surface area contributed by atoms with Crippen LogP contribution in [0.3, 0.4) is 0 Å². The monoisotopic (exact) mass is 286 g/mol. The summed E-state index contributed by atoms with van der Waals surface area (Å²) in [5, 5.41) is 16.7. The number of nitrogens with zero attached hydrogens (tertiary/aromatic N) is 2. The second-order valence-electron chi connectivity index (χ2n) is 4.10. The van der Waals surface area contributed by atoms with Gasteiger partial charge in [-0.1, -0.05) is 6.92 Å². The Hall–Kier alpha value is -1.70. The molecule has 8 heteroatoms. The van der Waals surface area contributed by atoms with E-state index in [0.29, 0.717) is 18.8 Å². The summed E-state index contributed by atoms with van der Waals surface area (Å²) in [6.07, 6.45) is 2.30. The fourth-order valence-corrected chi connectivity index (χ4v) is 1.88. The molecule has 1 heterocycles. The van der Waals surface area contributed by atoms with Crippen LogP contribution in [0.5, 0.6) is 0 Å². The van der Waals surface area contributed by atoms with Crippen LogP contribution in [0.15, 0.2) is 12.1 Å². The first kappa shape index (κ1) is 15.4. The van der Waals surface area contributed by atoms with Gasteiger partial charge in [0.1, 0.15) is 5.82 Å². The first-order valence-electron chi connectivity index (χ1n) is 5.85. The quantitative estimate of drug-likeness (QED) is 0.583. The smallest absolute Gasteiger partial charge is 0.311 e. The van der Waals surface area contributed by atoms with Crippen molar-refractivity contribution in [2.24, 2.45) is 0 Å². The molecule has 2 N–H and O–H groups in total. The number of nitrogens with one attached hydrogen (secondary N) is 2. The molecular weight excluding hydrogens is 268 g/mol. The lowest BCUT2D eigenvalue weighted by Gasteiger charge is -2.10. The molecule has 7 nitrogen and oxygen atoms in total. The third kappa shape index (κ3) is 4.47. The number of hydrogen-bond acceptors (Lipinski definition) is 6. The maximum absolute atomic E-state index is 11.2. The highest BCUT2D eigenvalue weighted by atomic mass is 32.2. The van der Waals surface area contributed by atoms with Crippen molar-refractivity contribution in [2.45, 2.75) is 18.6 Å². The van der Waals surface area contributed by atoms with Crippen molar-refractivity contribution < 1.29 is 9.13 Å². The number of hydrogen-bond donors (Lipinski definition) is 2. The standard InChI is InChI=1S/C11H18N4O3S/c1-8(19(3)18)6-7-13-11-9(15(16)17)4-5-10(12-2)14-11/h4-5,8H,6-7H2,1-3H3,(H2,12,13,14). The first-order valence-corrected chi connectivity index (χ1v) is 7.47. The average Bonchev–Trinajstić information content (AvgIpc) is 2.37. The van der Waals surface area contributed by atoms with E-state index in [9.17, 15) is 14.3 Å². The number of anilines is 2. The van der Waals surface area contributed by atoms with E-state index in [0.717, 1.165) is 0 Å². The molecule has 0 saturated carbocycles. The van der Waals surface area contributed by atoms with Crippen LogP contribution in [0, 0.1) is 10.1 Å². The van der Waals surface area contributed by atoms with Crippen molar-refractivity contribution in [3.05, 3.63) is 22.2 Å². The van der Waals surface area contributed by atoms with Gasteiger partial charge in [-0.2, -0.15) is 0 Å². The van der Waals surface area contributed by atoms with E-state index in [1.165, 1.54) is 6.07 Å². The summed E-state index contributed by atoms with van der Waals surface area (Å²) < 4.78 is 11.2. The molecular formula is C11H18N4O3S. The van der Waals surface area contributed by atoms with Gasteiger partial charge in [0.05, 0.1) is 4.92 Å². The molecule has 2 atom stereocenters. The van der Waals surface area contributed by atoms with E-state index in [1.807, 2.05) is 6.92 Å². The van der Waals surface area contributed by atoms with E-state index in [2.05, 4.69) is 15.6 Å². The molecule has 19 heavy (non-hydrogen) atoms. The molecule has 1 aromatic rings. The molecule has 0 aromatic carbocycles. The third-order valence-electron chi connectivity index (χ3n) is 2.74. The zero-order valence-electron chi connectivity index (χ0n) is 11.2. The fraction of sp³-hybridized carbons (Fsp3) is 0.545. The highest BCUT2D eigenvalue weighted by Crippen LogP contribution is 2.23. The summed E-state index contributed by atoms with van der Waals surface area (Å²) in [5.74, 6) is 0.783. The van der Waals surface area contributed by atoms with Gasteiger partial charge in [-0.15, -0.1) is 0 Å². The zero-order chi connectivity index (χ0) is 14.4. The molecule has 0 aliphatic rings. The van der Waals surface area contributed by atoms with Crippen LogP contribution < -0.4 is 10.6 Å². The Labute approximate surface area is 114 Å². The SMILES string of the molecule is CNc1ccc([N+](=O)[O-])c(NCCC(C)S(C)=O)n1. The molecule has 1 rings (SSSR count). The largest absolute Gasteiger partial charge is 0.373 e. The van der Waals surface area contributed by atoms with Crippen LogP contribution in [0.1, 0.15) is 13.3 Å². The van der Waals surface area contributed by atoms with Gasteiger partial charge >= 0.3 is 5.69 Å². The van der Waals surface area contributed by atoms with Crippen LogP contribution >= 0.6 is 0 Å². The third-order valence-corrected chi connectivity index (χ3v) is 4.11. The highest BCUT2D eigenvalue weighted by Gasteiger charge is 2.16. The van der Waals surface area contributed by atoms with E-state index in [4.69, 9.17) is 0 Å². The summed E-state index contributed by atoms with van der Waals surface area (Å²) in [6, 6.07) is 2.95. The van der Waals surface area contributed by atoms with Gasteiger partial charge in [0.25, 0.3) is 0 Å². The first-order chi connectivity index (χ1) is 8.95. The molecule has 0 bridgehead atoms. The molecule has 0 fully saturated rings. The zero-order valence-corrected chi connectivity index (χ0v) is 12.0. The Bertz CT molecular complexity index is 481. The van der Waals surface area contributed by atoms with E-state index >= 15 is 0 Å². The van der Waals surface area contributed by atoms with Gasteiger partial charge in [0.2, 0.25) is 5.82 Å². The summed E-state index contributed by atoms with van der Waals surface area (Å²) in [6.45, 7) is 2.37. The summed E-state index contributed by atoms with van der Waals surface area (Å²) in [4.78, 5) is 14.5. The topological polar surface area (TPSA) is 97.2 Å². The number of aromatic nitrogens is 1. The summed E-state index contributed by atoms with van der Waals surface area (Å²) in [5.41, 5.74) is -0.0655. The highest BCUT2D eigenvalue weighted by molar-refractivity contribution is 7.84. The minimum Gasteiger partial charge on any atom is -0.373 e. The lowest BCUT2D eigenvalue weighted by Crippen LogP contribution is -2.16. The second kappa shape index (κ2) is 7.03. The van der Waals surface area contributed by atoms with Crippen LogP contribution in [0.4, 0.5) is 17.3 Å². The van der Waals surface area contributed by atoms with Gasteiger partial charge in [0, 0.05) is 42.0 Å². The van der Waals surface area contributed by atoms with E-state index < -0.39 is 15.7 Å². The van der Waals surface area contributed by atoms with Crippen LogP contribution in [0.25, 0.3) is 0 Å². The molecule has 0 aliphatic heterocycles. The van der Waals surface area contributed by atoms with Gasteiger partial charge < -0.3 is 10.6 Å². The van der Waals surface area contributed by atoms with E-state index in [-0.39, 0.29) is 16.8 Å². The maximum Gasteiger partial charge on any atom is 0.311 e. The lowest BCUT2D eigenvalue weighted by atomic mass is 10.3. The number of nitro groups is 1. The van der Waals surface area contributed by atoms with Gasteiger partial charge in [-0.3, -0.25) is 14.3 Å². The number of rotatable bonds is 7. The minimum absolute atomic E-state index is 0.0408. The average molecular weight is 286 g/mol. The molecule has 2 unspecified atom stereocenters. The fourth-order valence-electron chi connectivity index (χ4n) is 1.43. The molecule has 0 saturated heterocycles. The van der Waals surface area contributed by atoms with Crippen LogP contribution in [-0.4, -0.2) is 39.2 Å². The van der Waals surface area contributed by atoms with E-state index in [1.54, 1.807) is 19.4 Å². The molecule has 0 amide bonds. The normalized spacial score (nSPS) is 13.6. The molecule has 106 valence electrons. The lowest BCUT2D eigenvalue weighted by molar-refractivity contribution is -0.384. The van der Waals surface area contributed by atoms with Crippen molar-refractivity contribution in [1.29, 1.82) is 0 Å². The van der Waals surface area contributed by atoms with Gasteiger partial charge in [0.15, 0.2) is 0 Å². The molecule has 1 aromatic heterocycles. The Morgan fingerprint density at radius 1 is 1.53 bits per heavy atom. The van der Waals surface area contributed by atoms with Crippen LogP contribution in [0.2, 0.25) is 0 Å². The van der Waals surface area contributed by atoms with Crippen molar-refractivity contribution in [3.8, 4) is 0 Å². The predicted octanol–water partition coefficient (Wildman–Crippen LogP) is 1.60. The van der Waals surface area contributed by atoms with Crippen molar-refractivity contribution in [3.63, 3.8) is 0 Å². The molecule has 0 spiro atoms. The Morgan fingerprint density at radius 2 is 2.21 bits per heavy atom. The molecule has 0 radical (unpaired) electrons.